The number of aliphatic hydroxyl groups is 1. The quantitative estimate of drug-likeness (QED) is 0.585. The Hall–Kier alpha value is -1.24. The molecule has 0 spiro atoms. The number of aliphatic hydroxyl groups excluding tert-OH is 1. The molecule has 1 heteroatoms. The molecular weight excluding hydrogens is 124 g/mol. The molecule has 0 amide bonds. The summed E-state index contributed by atoms with van der Waals surface area (Å²) in [5.41, 5.74) is 2.23. The lowest BCUT2D eigenvalue weighted by molar-refractivity contribution is 0.478. The van der Waals surface area contributed by atoms with Crippen LogP contribution in [-0.4, -0.2) is 5.11 Å². The zero-order chi connectivity index (χ0) is 7.40. The van der Waals surface area contributed by atoms with E-state index in [1.807, 2.05) is 31.2 Å². The smallest absolute Gasteiger partial charge is 0.0797 e. The first-order valence-electron chi connectivity index (χ1n) is 3.21. The summed E-state index contributed by atoms with van der Waals surface area (Å²) < 4.78 is 0. The van der Waals surface area contributed by atoms with Crippen molar-refractivity contribution in [3.8, 4) is 0 Å². The lowest BCUT2D eigenvalue weighted by Gasteiger charge is -1.95. The van der Waals surface area contributed by atoms with Crippen LogP contribution in [0.2, 0.25) is 0 Å². The van der Waals surface area contributed by atoms with Crippen LogP contribution in [0, 0.1) is 6.92 Å². The van der Waals surface area contributed by atoms with Crippen molar-refractivity contribution < 1.29 is 5.11 Å². The Labute approximate surface area is 60.6 Å². The summed E-state index contributed by atoms with van der Waals surface area (Å²) in [6, 6.07) is 7.89. The summed E-state index contributed by atoms with van der Waals surface area (Å²) in [5, 5.41) is 8.46. The highest BCUT2D eigenvalue weighted by atomic mass is 16.2. The average molecular weight is 134 g/mol. The summed E-state index contributed by atoms with van der Waals surface area (Å²) in [7, 11) is 0. The second kappa shape index (κ2) is 3.06. The summed E-state index contributed by atoms with van der Waals surface area (Å²) in [6.45, 7) is 2.01. The molecule has 0 unspecified atom stereocenters. The Kier molecular flexibility index (Phi) is 2.11. The number of rotatable bonds is 1. The van der Waals surface area contributed by atoms with Gasteiger partial charge in [0.2, 0.25) is 0 Å². The zero-order valence-electron chi connectivity index (χ0n) is 5.91. The Morgan fingerprint density at radius 2 is 2.00 bits per heavy atom. The van der Waals surface area contributed by atoms with Gasteiger partial charge in [-0.2, -0.15) is 0 Å². The van der Waals surface area contributed by atoms with Crippen molar-refractivity contribution in [2.45, 2.75) is 6.92 Å². The molecule has 10 heavy (non-hydrogen) atoms. The molecule has 0 aliphatic rings. The van der Waals surface area contributed by atoms with Gasteiger partial charge in [0.25, 0.3) is 0 Å². The minimum Gasteiger partial charge on any atom is -0.516 e. The first-order chi connectivity index (χ1) is 4.84. The molecular formula is C9H10O. The first-order valence-corrected chi connectivity index (χ1v) is 3.21. The molecule has 1 N–H and O–H groups in total. The highest BCUT2D eigenvalue weighted by Gasteiger charge is 1.88. The minimum absolute atomic E-state index is 1.06. The normalized spacial score (nSPS) is 10.5. The fourth-order valence-corrected chi connectivity index (χ4v) is 0.854. The minimum atomic E-state index is 1.06. The van der Waals surface area contributed by atoms with Crippen molar-refractivity contribution in [3.05, 3.63) is 41.7 Å². The number of aryl methyl sites for hydroxylation is 1. The Balaban J connectivity index is 3.03. The van der Waals surface area contributed by atoms with Gasteiger partial charge in [-0.1, -0.05) is 24.3 Å². The molecule has 0 saturated carbocycles. The molecule has 0 aromatic heterocycles. The van der Waals surface area contributed by atoms with Crippen molar-refractivity contribution in [2.24, 2.45) is 0 Å². The lowest BCUT2D eigenvalue weighted by Crippen LogP contribution is -1.76. The van der Waals surface area contributed by atoms with Gasteiger partial charge in [-0.05, 0) is 24.1 Å². The van der Waals surface area contributed by atoms with Crippen molar-refractivity contribution >= 4 is 6.08 Å². The van der Waals surface area contributed by atoms with E-state index in [0.717, 1.165) is 11.8 Å². The van der Waals surface area contributed by atoms with Crippen LogP contribution in [0.5, 0.6) is 0 Å². The molecule has 0 saturated heterocycles. The fraction of sp³-hybridized carbons (Fsp3) is 0.111. The van der Waals surface area contributed by atoms with Crippen molar-refractivity contribution in [3.63, 3.8) is 0 Å². The Bertz CT molecular complexity index is 238. The SMILES string of the molecule is Cc1ccccc1/C=C/O. The van der Waals surface area contributed by atoms with Crippen LogP contribution in [0.4, 0.5) is 0 Å². The highest BCUT2D eigenvalue weighted by Crippen LogP contribution is 2.07. The van der Waals surface area contributed by atoms with E-state index in [1.165, 1.54) is 5.56 Å². The van der Waals surface area contributed by atoms with Gasteiger partial charge in [-0.15, -0.1) is 0 Å². The predicted octanol–water partition coefficient (Wildman–Crippen LogP) is 2.52. The predicted molar refractivity (Wildman–Crippen MR) is 42.8 cm³/mol. The molecule has 0 radical (unpaired) electrons. The van der Waals surface area contributed by atoms with Gasteiger partial charge in [0.1, 0.15) is 0 Å². The van der Waals surface area contributed by atoms with E-state index in [4.69, 9.17) is 5.11 Å². The standard InChI is InChI=1S/C9H10O/c1-8-4-2-3-5-9(8)6-7-10/h2-7,10H,1H3/b7-6+. The van der Waals surface area contributed by atoms with E-state index < -0.39 is 0 Å². The second-order valence-electron chi connectivity index (χ2n) is 2.17. The monoisotopic (exact) mass is 134 g/mol. The second-order valence-corrected chi connectivity index (χ2v) is 2.17. The van der Waals surface area contributed by atoms with Gasteiger partial charge in [-0.25, -0.2) is 0 Å². The average Bonchev–Trinajstić information content (AvgIpc) is 1.94. The third kappa shape index (κ3) is 1.38. The summed E-state index contributed by atoms with van der Waals surface area (Å²) in [6.07, 6.45) is 2.73. The number of hydrogen-bond donors (Lipinski definition) is 1. The molecule has 1 aromatic carbocycles. The third-order valence-electron chi connectivity index (χ3n) is 1.44. The molecule has 0 bridgehead atoms. The highest BCUT2D eigenvalue weighted by molar-refractivity contribution is 5.51. The van der Waals surface area contributed by atoms with Gasteiger partial charge < -0.3 is 5.11 Å². The van der Waals surface area contributed by atoms with E-state index in [0.29, 0.717) is 0 Å². The molecule has 1 nitrogen and oxygen atoms in total. The Morgan fingerprint density at radius 1 is 1.30 bits per heavy atom. The van der Waals surface area contributed by atoms with Crippen molar-refractivity contribution in [1.82, 2.24) is 0 Å². The van der Waals surface area contributed by atoms with Crippen LogP contribution in [0.3, 0.4) is 0 Å². The number of benzene rings is 1. The van der Waals surface area contributed by atoms with E-state index >= 15 is 0 Å². The summed E-state index contributed by atoms with van der Waals surface area (Å²) in [5.74, 6) is 0. The molecule has 1 rings (SSSR count). The molecule has 0 fully saturated rings. The van der Waals surface area contributed by atoms with Gasteiger partial charge in [0.15, 0.2) is 0 Å². The van der Waals surface area contributed by atoms with Gasteiger partial charge in [0.05, 0.1) is 6.26 Å². The van der Waals surface area contributed by atoms with Crippen LogP contribution >= 0.6 is 0 Å². The summed E-state index contributed by atoms with van der Waals surface area (Å²) >= 11 is 0. The third-order valence-corrected chi connectivity index (χ3v) is 1.44. The molecule has 0 atom stereocenters. The molecule has 0 aliphatic heterocycles. The van der Waals surface area contributed by atoms with E-state index in [9.17, 15) is 0 Å². The number of hydrogen-bond acceptors (Lipinski definition) is 1. The van der Waals surface area contributed by atoms with E-state index in [2.05, 4.69) is 0 Å². The van der Waals surface area contributed by atoms with Crippen LogP contribution in [-0.2, 0) is 0 Å². The molecule has 0 aliphatic carbocycles. The summed E-state index contributed by atoms with van der Waals surface area (Å²) in [4.78, 5) is 0. The van der Waals surface area contributed by atoms with Crippen LogP contribution < -0.4 is 0 Å². The maximum absolute atomic E-state index is 8.46. The fourth-order valence-electron chi connectivity index (χ4n) is 0.854. The van der Waals surface area contributed by atoms with Crippen LogP contribution in [0.15, 0.2) is 30.5 Å². The largest absolute Gasteiger partial charge is 0.516 e. The van der Waals surface area contributed by atoms with Crippen LogP contribution in [0.1, 0.15) is 11.1 Å². The molecule has 0 heterocycles. The maximum atomic E-state index is 8.46. The van der Waals surface area contributed by atoms with Crippen molar-refractivity contribution in [1.29, 1.82) is 0 Å². The van der Waals surface area contributed by atoms with Crippen LogP contribution in [0.25, 0.3) is 6.08 Å². The van der Waals surface area contributed by atoms with E-state index in [-0.39, 0.29) is 0 Å². The lowest BCUT2D eigenvalue weighted by atomic mass is 10.1. The van der Waals surface area contributed by atoms with Gasteiger partial charge >= 0.3 is 0 Å². The van der Waals surface area contributed by atoms with Crippen molar-refractivity contribution in [2.75, 3.05) is 0 Å². The topological polar surface area (TPSA) is 20.2 Å². The molecule has 52 valence electrons. The molecule has 1 aromatic rings. The first kappa shape index (κ1) is 6.87. The zero-order valence-corrected chi connectivity index (χ0v) is 5.91. The van der Waals surface area contributed by atoms with E-state index in [1.54, 1.807) is 6.08 Å². The Morgan fingerprint density at radius 3 is 2.60 bits per heavy atom. The van der Waals surface area contributed by atoms with Gasteiger partial charge in [0, 0.05) is 0 Å². The van der Waals surface area contributed by atoms with Gasteiger partial charge in [-0.3, -0.25) is 0 Å². The maximum Gasteiger partial charge on any atom is 0.0797 e.